The summed E-state index contributed by atoms with van der Waals surface area (Å²) in [6, 6.07) is 3.65. The average molecular weight is 271 g/mol. The first-order chi connectivity index (χ1) is 9.26. The minimum atomic E-state index is -0.526. The number of hydrogen-bond donors (Lipinski definition) is 3. The number of rotatable bonds is 11. The molecule has 110 valence electrons. The maximum absolute atomic E-state index is 9.73. The Hall–Kier alpha value is -0.880. The molecule has 1 aromatic heterocycles. The molecule has 0 saturated heterocycles. The molecule has 2 unspecified atom stereocenters. The average Bonchev–Trinajstić information content (AvgIpc) is 2.91. The lowest BCUT2D eigenvalue weighted by molar-refractivity contribution is 0.0222. The van der Waals surface area contributed by atoms with Crippen molar-refractivity contribution < 1.29 is 19.4 Å². The fourth-order valence-electron chi connectivity index (χ4n) is 1.84. The van der Waals surface area contributed by atoms with Gasteiger partial charge < -0.3 is 24.7 Å². The van der Waals surface area contributed by atoms with Crippen LogP contribution in [0.15, 0.2) is 22.8 Å². The molecular weight excluding hydrogens is 246 g/mol. The molecule has 19 heavy (non-hydrogen) atoms. The fourth-order valence-corrected chi connectivity index (χ4v) is 1.84. The molecule has 0 aliphatic rings. The first kappa shape index (κ1) is 16.2. The normalized spacial score (nSPS) is 14.5. The van der Waals surface area contributed by atoms with Crippen LogP contribution in [0.2, 0.25) is 0 Å². The molecule has 0 aliphatic carbocycles. The number of nitrogens with one attached hydrogen (secondary N) is 1. The maximum Gasteiger partial charge on any atom is 0.129 e. The van der Waals surface area contributed by atoms with Gasteiger partial charge in [-0.2, -0.15) is 0 Å². The second-order valence-electron chi connectivity index (χ2n) is 4.69. The molecular formula is C14H25NO4. The van der Waals surface area contributed by atoms with Gasteiger partial charge in [-0.15, -0.1) is 0 Å². The zero-order chi connectivity index (χ0) is 13.9. The van der Waals surface area contributed by atoms with Crippen molar-refractivity contribution in [2.45, 2.75) is 32.5 Å². The Balaban J connectivity index is 2.02. The Bertz CT molecular complexity index is 302. The van der Waals surface area contributed by atoms with E-state index in [-0.39, 0.29) is 13.2 Å². The van der Waals surface area contributed by atoms with Crippen molar-refractivity contribution in [1.82, 2.24) is 5.32 Å². The summed E-state index contributed by atoms with van der Waals surface area (Å²) >= 11 is 0. The molecule has 2 atom stereocenters. The number of aliphatic hydroxyl groups excluding tert-OH is 2. The maximum atomic E-state index is 9.73. The summed E-state index contributed by atoms with van der Waals surface area (Å²) in [4.78, 5) is 0. The molecule has 5 heteroatoms. The first-order valence-corrected chi connectivity index (χ1v) is 6.86. The summed E-state index contributed by atoms with van der Waals surface area (Å²) in [6.07, 6.45) is 2.90. The van der Waals surface area contributed by atoms with Crippen molar-refractivity contribution in [2.24, 2.45) is 5.92 Å². The molecule has 0 aromatic carbocycles. The largest absolute Gasteiger partial charge is 0.467 e. The molecule has 1 rings (SSSR count). The summed E-state index contributed by atoms with van der Waals surface area (Å²) < 4.78 is 10.5. The summed E-state index contributed by atoms with van der Waals surface area (Å²) in [5, 5.41) is 21.8. The zero-order valence-electron chi connectivity index (χ0n) is 11.5. The molecule has 0 amide bonds. The van der Waals surface area contributed by atoms with Crippen LogP contribution in [-0.4, -0.2) is 42.6 Å². The summed E-state index contributed by atoms with van der Waals surface area (Å²) in [5.74, 6) is 1.22. The monoisotopic (exact) mass is 271 g/mol. The highest BCUT2D eigenvalue weighted by atomic mass is 16.5. The van der Waals surface area contributed by atoms with E-state index in [0.29, 0.717) is 19.1 Å². The Kier molecular flexibility index (Phi) is 8.49. The fraction of sp³-hybridized carbons (Fsp3) is 0.714. The Morgan fingerprint density at radius 3 is 2.89 bits per heavy atom. The van der Waals surface area contributed by atoms with E-state index in [2.05, 4.69) is 12.2 Å². The highest BCUT2D eigenvalue weighted by Gasteiger charge is 2.08. The minimum absolute atomic E-state index is 0.217. The number of furan rings is 1. The van der Waals surface area contributed by atoms with E-state index in [0.717, 1.165) is 25.1 Å². The highest BCUT2D eigenvalue weighted by molar-refractivity contribution is 4.96. The van der Waals surface area contributed by atoms with E-state index in [9.17, 15) is 5.11 Å². The highest BCUT2D eigenvalue weighted by Crippen LogP contribution is 2.05. The molecule has 0 saturated carbocycles. The number of aliphatic hydroxyl groups is 2. The van der Waals surface area contributed by atoms with E-state index in [4.69, 9.17) is 14.3 Å². The van der Waals surface area contributed by atoms with Gasteiger partial charge in [-0.25, -0.2) is 0 Å². The van der Waals surface area contributed by atoms with Crippen LogP contribution in [-0.2, 0) is 11.3 Å². The van der Waals surface area contributed by atoms with Crippen LogP contribution in [0.25, 0.3) is 0 Å². The summed E-state index contributed by atoms with van der Waals surface area (Å²) in [6.45, 7) is 4.29. The Labute approximate surface area is 114 Å². The van der Waals surface area contributed by atoms with Gasteiger partial charge in [-0.3, -0.25) is 0 Å². The van der Waals surface area contributed by atoms with Crippen LogP contribution in [0, 0.1) is 5.92 Å². The van der Waals surface area contributed by atoms with Crippen LogP contribution < -0.4 is 5.32 Å². The van der Waals surface area contributed by atoms with E-state index < -0.39 is 6.10 Å². The van der Waals surface area contributed by atoms with E-state index in [1.54, 1.807) is 6.26 Å². The van der Waals surface area contributed by atoms with Crippen molar-refractivity contribution >= 4 is 0 Å². The Morgan fingerprint density at radius 1 is 1.42 bits per heavy atom. The molecule has 5 nitrogen and oxygen atoms in total. The molecule has 0 aliphatic heterocycles. The second-order valence-corrected chi connectivity index (χ2v) is 4.69. The third kappa shape index (κ3) is 7.32. The van der Waals surface area contributed by atoms with Crippen molar-refractivity contribution in [3.63, 3.8) is 0 Å². The van der Waals surface area contributed by atoms with E-state index >= 15 is 0 Å². The second kappa shape index (κ2) is 9.97. The van der Waals surface area contributed by atoms with Gasteiger partial charge >= 0.3 is 0 Å². The van der Waals surface area contributed by atoms with Gasteiger partial charge in [-0.05, 0) is 31.0 Å². The SMILES string of the molecule is CCC(CCO)CNCC(O)COCc1ccco1. The van der Waals surface area contributed by atoms with Crippen molar-refractivity contribution in [2.75, 3.05) is 26.3 Å². The van der Waals surface area contributed by atoms with Gasteiger partial charge in [0.05, 0.1) is 19.0 Å². The molecule has 0 fully saturated rings. The van der Waals surface area contributed by atoms with Gasteiger partial charge in [0.25, 0.3) is 0 Å². The predicted octanol–water partition coefficient (Wildman–Crippen LogP) is 1.16. The molecule has 1 heterocycles. The van der Waals surface area contributed by atoms with Crippen LogP contribution in [0.4, 0.5) is 0 Å². The van der Waals surface area contributed by atoms with Crippen LogP contribution in [0.5, 0.6) is 0 Å². The minimum Gasteiger partial charge on any atom is -0.467 e. The molecule has 0 spiro atoms. The molecule has 0 radical (unpaired) electrons. The topological polar surface area (TPSA) is 74.9 Å². The lowest BCUT2D eigenvalue weighted by Crippen LogP contribution is -2.33. The summed E-state index contributed by atoms with van der Waals surface area (Å²) in [5.41, 5.74) is 0. The smallest absolute Gasteiger partial charge is 0.129 e. The van der Waals surface area contributed by atoms with Crippen molar-refractivity contribution in [1.29, 1.82) is 0 Å². The van der Waals surface area contributed by atoms with E-state index in [1.165, 1.54) is 0 Å². The van der Waals surface area contributed by atoms with Gasteiger partial charge in [0, 0.05) is 13.2 Å². The predicted molar refractivity (Wildman–Crippen MR) is 72.7 cm³/mol. The zero-order valence-corrected chi connectivity index (χ0v) is 11.5. The quantitative estimate of drug-likeness (QED) is 0.563. The van der Waals surface area contributed by atoms with Crippen LogP contribution in [0.1, 0.15) is 25.5 Å². The standard InChI is InChI=1S/C14H25NO4/c1-2-12(5-6-16)8-15-9-13(17)10-18-11-14-4-3-7-19-14/h3-4,7,12-13,15-17H,2,5-6,8-11H2,1H3. The number of ether oxygens (including phenoxy) is 1. The molecule has 0 bridgehead atoms. The lowest BCUT2D eigenvalue weighted by Gasteiger charge is -2.16. The third-order valence-corrected chi connectivity index (χ3v) is 3.06. The van der Waals surface area contributed by atoms with Gasteiger partial charge in [0.2, 0.25) is 0 Å². The van der Waals surface area contributed by atoms with Crippen LogP contribution in [0.3, 0.4) is 0 Å². The van der Waals surface area contributed by atoms with Gasteiger partial charge in [0.15, 0.2) is 0 Å². The van der Waals surface area contributed by atoms with E-state index in [1.807, 2.05) is 12.1 Å². The van der Waals surface area contributed by atoms with Crippen molar-refractivity contribution in [3.05, 3.63) is 24.2 Å². The van der Waals surface area contributed by atoms with Gasteiger partial charge in [-0.1, -0.05) is 13.3 Å². The Morgan fingerprint density at radius 2 is 2.26 bits per heavy atom. The van der Waals surface area contributed by atoms with Crippen molar-refractivity contribution in [3.8, 4) is 0 Å². The first-order valence-electron chi connectivity index (χ1n) is 6.86. The molecule has 3 N–H and O–H groups in total. The van der Waals surface area contributed by atoms with Gasteiger partial charge in [0.1, 0.15) is 12.4 Å². The van der Waals surface area contributed by atoms with Crippen LogP contribution >= 0.6 is 0 Å². The lowest BCUT2D eigenvalue weighted by atomic mass is 10.0. The third-order valence-electron chi connectivity index (χ3n) is 3.06. The molecule has 1 aromatic rings. The summed E-state index contributed by atoms with van der Waals surface area (Å²) in [7, 11) is 0. The number of hydrogen-bond acceptors (Lipinski definition) is 5.